The van der Waals surface area contributed by atoms with Gasteiger partial charge in [0, 0.05) is 20.0 Å². The van der Waals surface area contributed by atoms with E-state index >= 15 is 0 Å². The monoisotopic (exact) mass is 379 g/mol. The highest BCUT2D eigenvalue weighted by Gasteiger charge is 2.41. The van der Waals surface area contributed by atoms with Crippen molar-refractivity contribution >= 4 is 17.7 Å². The minimum Gasteiger partial charge on any atom is -0.392 e. The summed E-state index contributed by atoms with van der Waals surface area (Å²) in [7, 11) is 1.49. The standard InChI is InChI=1S/C17H19F2N5O3/c1-22-16(15(11-20-22)24(25)26)23-8-7-14(9-17(18,19)12-23)27-21-10-13-5-3-2-4-6-13/h2-6,10-11,14H,7-9,12H2,1H3/b21-10+. The molecule has 1 aromatic carbocycles. The summed E-state index contributed by atoms with van der Waals surface area (Å²) in [4.78, 5) is 17.1. The molecule has 3 rings (SSSR count). The summed E-state index contributed by atoms with van der Waals surface area (Å²) in [5.41, 5.74) is 0.500. The van der Waals surface area contributed by atoms with Crippen LogP contribution in [0.1, 0.15) is 18.4 Å². The third-order valence-corrected chi connectivity index (χ3v) is 4.27. The average Bonchev–Trinajstić information content (AvgIpc) is 2.93. The van der Waals surface area contributed by atoms with Crippen molar-refractivity contribution in [2.45, 2.75) is 24.9 Å². The normalized spacial score (nSPS) is 19.8. The summed E-state index contributed by atoms with van der Waals surface area (Å²) in [5.74, 6) is -3.02. The van der Waals surface area contributed by atoms with Gasteiger partial charge >= 0.3 is 5.69 Å². The molecule has 8 nitrogen and oxygen atoms in total. The van der Waals surface area contributed by atoms with Gasteiger partial charge in [0.25, 0.3) is 5.92 Å². The van der Waals surface area contributed by atoms with E-state index in [4.69, 9.17) is 4.84 Å². The maximum atomic E-state index is 14.4. The summed E-state index contributed by atoms with van der Waals surface area (Å²) in [6, 6.07) is 9.16. The molecule has 2 aromatic rings. The lowest BCUT2D eigenvalue weighted by Gasteiger charge is -2.24. The Labute approximate surface area is 154 Å². The van der Waals surface area contributed by atoms with Crippen molar-refractivity contribution in [3.8, 4) is 0 Å². The smallest absolute Gasteiger partial charge is 0.331 e. The SMILES string of the molecule is Cn1ncc([N+](=O)[O-])c1N1CCC(O/N=C/c2ccccc2)CC(F)(F)C1. The van der Waals surface area contributed by atoms with Crippen molar-refractivity contribution in [1.29, 1.82) is 0 Å². The van der Waals surface area contributed by atoms with Gasteiger partial charge in [0.1, 0.15) is 12.3 Å². The number of nitrogens with zero attached hydrogens (tertiary/aromatic N) is 5. The molecule has 1 saturated heterocycles. The van der Waals surface area contributed by atoms with Gasteiger partial charge in [-0.05, 0) is 5.56 Å². The van der Waals surface area contributed by atoms with E-state index in [1.807, 2.05) is 30.3 Å². The number of hydrogen-bond acceptors (Lipinski definition) is 6. The molecule has 0 amide bonds. The Bertz CT molecular complexity index is 825. The van der Waals surface area contributed by atoms with Crippen LogP contribution in [0.2, 0.25) is 0 Å². The maximum Gasteiger partial charge on any atom is 0.331 e. The van der Waals surface area contributed by atoms with Gasteiger partial charge in [0.15, 0.2) is 0 Å². The van der Waals surface area contributed by atoms with Crippen molar-refractivity contribution in [2.75, 3.05) is 18.0 Å². The van der Waals surface area contributed by atoms with Crippen molar-refractivity contribution in [2.24, 2.45) is 12.2 Å². The zero-order valence-electron chi connectivity index (χ0n) is 14.7. The number of aromatic nitrogens is 2. The Balaban J connectivity index is 1.72. The van der Waals surface area contributed by atoms with Crippen LogP contribution in [0.25, 0.3) is 0 Å². The number of aryl methyl sites for hydroxylation is 1. The number of alkyl halides is 2. The zero-order valence-corrected chi connectivity index (χ0v) is 14.7. The first-order valence-electron chi connectivity index (χ1n) is 8.39. The molecule has 1 fully saturated rings. The van der Waals surface area contributed by atoms with Crippen LogP contribution in [0.15, 0.2) is 41.7 Å². The molecule has 1 unspecified atom stereocenters. The molecule has 1 aliphatic heterocycles. The van der Waals surface area contributed by atoms with Crippen LogP contribution in [0.3, 0.4) is 0 Å². The largest absolute Gasteiger partial charge is 0.392 e. The Kier molecular flexibility index (Phi) is 5.33. The van der Waals surface area contributed by atoms with E-state index < -0.39 is 29.9 Å². The van der Waals surface area contributed by atoms with Gasteiger partial charge in [0.05, 0.1) is 24.1 Å². The molecule has 144 valence electrons. The molecular formula is C17H19F2N5O3. The second kappa shape index (κ2) is 7.68. The first-order chi connectivity index (χ1) is 12.9. The van der Waals surface area contributed by atoms with Gasteiger partial charge in [-0.3, -0.25) is 10.1 Å². The van der Waals surface area contributed by atoms with Crippen LogP contribution in [0, 0.1) is 10.1 Å². The number of nitro groups is 1. The van der Waals surface area contributed by atoms with E-state index in [0.29, 0.717) is 0 Å². The zero-order chi connectivity index (χ0) is 19.4. The number of halogens is 2. The number of benzene rings is 1. The highest BCUT2D eigenvalue weighted by molar-refractivity contribution is 5.78. The summed E-state index contributed by atoms with van der Waals surface area (Å²) in [6.45, 7) is -0.475. The summed E-state index contributed by atoms with van der Waals surface area (Å²) in [6.07, 6.45) is 1.48. The van der Waals surface area contributed by atoms with Crippen LogP contribution in [0.5, 0.6) is 0 Å². The van der Waals surface area contributed by atoms with Gasteiger partial charge in [-0.15, -0.1) is 0 Å². The third kappa shape index (κ3) is 4.57. The number of rotatable bonds is 5. The van der Waals surface area contributed by atoms with Gasteiger partial charge in [0.2, 0.25) is 5.82 Å². The van der Waals surface area contributed by atoms with Crippen LogP contribution >= 0.6 is 0 Å². The average molecular weight is 379 g/mol. The topological polar surface area (TPSA) is 85.8 Å². The first-order valence-corrected chi connectivity index (χ1v) is 8.39. The molecule has 1 atom stereocenters. The molecule has 0 spiro atoms. The Morgan fingerprint density at radius 1 is 1.41 bits per heavy atom. The number of anilines is 1. The lowest BCUT2D eigenvalue weighted by molar-refractivity contribution is -0.384. The molecule has 0 radical (unpaired) electrons. The third-order valence-electron chi connectivity index (χ3n) is 4.27. The molecule has 10 heteroatoms. The second-order valence-electron chi connectivity index (χ2n) is 6.38. The fraction of sp³-hybridized carbons (Fsp3) is 0.412. The Hall–Kier alpha value is -3.04. The summed E-state index contributed by atoms with van der Waals surface area (Å²) >= 11 is 0. The van der Waals surface area contributed by atoms with Crippen LogP contribution in [-0.2, 0) is 11.9 Å². The predicted molar refractivity (Wildman–Crippen MR) is 95.2 cm³/mol. The predicted octanol–water partition coefficient (Wildman–Crippen LogP) is 2.98. The second-order valence-corrected chi connectivity index (χ2v) is 6.38. The fourth-order valence-electron chi connectivity index (χ4n) is 3.06. The molecule has 1 aromatic heterocycles. The van der Waals surface area contributed by atoms with E-state index in [1.54, 1.807) is 0 Å². The van der Waals surface area contributed by atoms with E-state index in [1.165, 1.54) is 22.8 Å². The van der Waals surface area contributed by atoms with Gasteiger partial charge in [-0.2, -0.15) is 5.10 Å². The minimum absolute atomic E-state index is 0.0631. The molecule has 0 saturated carbocycles. The maximum absolute atomic E-state index is 14.4. The van der Waals surface area contributed by atoms with Crippen LogP contribution in [-0.4, -0.2) is 46.0 Å². The first kappa shape index (κ1) is 18.7. The van der Waals surface area contributed by atoms with Crippen molar-refractivity contribution in [1.82, 2.24) is 9.78 Å². The number of hydrogen-bond donors (Lipinski definition) is 0. The summed E-state index contributed by atoms with van der Waals surface area (Å²) < 4.78 is 30.0. The molecule has 2 heterocycles. The molecular weight excluding hydrogens is 360 g/mol. The quantitative estimate of drug-likeness (QED) is 0.453. The van der Waals surface area contributed by atoms with Crippen molar-refractivity contribution in [3.05, 3.63) is 52.2 Å². The van der Waals surface area contributed by atoms with Gasteiger partial charge < -0.3 is 9.74 Å². The van der Waals surface area contributed by atoms with Gasteiger partial charge in [-0.25, -0.2) is 13.5 Å². The fourth-order valence-corrected chi connectivity index (χ4v) is 3.06. The molecule has 1 aliphatic rings. The number of oxime groups is 1. The Morgan fingerprint density at radius 2 is 2.15 bits per heavy atom. The summed E-state index contributed by atoms with van der Waals surface area (Å²) in [5, 5.41) is 18.8. The highest BCUT2D eigenvalue weighted by Crippen LogP contribution is 2.34. The van der Waals surface area contributed by atoms with Gasteiger partial charge in [-0.1, -0.05) is 35.5 Å². The van der Waals surface area contributed by atoms with E-state index in [2.05, 4.69) is 10.3 Å². The lowest BCUT2D eigenvalue weighted by atomic mass is 10.1. The molecule has 0 aliphatic carbocycles. The highest BCUT2D eigenvalue weighted by atomic mass is 19.3. The van der Waals surface area contributed by atoms with Crippen molar-refractivity contribution in [3.63, 3.8) is 0 Å². The lowest BCUT2D eigenvalue weighted by Crippen LogP contribution is -2.36. The molecule has 0 N–H and O–H groups in total. The molecule has 0 bridgehead atoms. The van der Waals surface area contributed by atoms with Crippen molar-refractivity contribution < 1.29 is 18.5 Å². The van der Waals surface area contributed by atoms with Crippen LogP contribution in [0.4, 0.5) is 20.3 Å². The minimum atomic E-state index is -3.08. The van der Waals surface area contributed by atoms with E-state index in [0.717, 1.165) is 11.8 Å². The van der Waals surface area contributed by atoms with Crippen LogP contribution < -0.4 is 4.90 Å². The molecule has 27 heavy (non-hydrogen) atoms. The van der Waals surface area contributed by atoms with E-state index in [9.17, 15) is 18.9 Å². The Morgan fingerprint density at radius 3 is 2.85 bits per heavy atom. The van der Waals surface area contributed by atoms with E-state index in [-0.39, 0.29) is 24.5 Å².